The lowest BCUT2D eigenvalue weighted by Gasteiger charge is -1.92. The van der Waals surface area contributed by atoms with Gasteiger partial charge in [-0.1, -0.05) is 137 Å². The lowest BCUT2D eigenvalue weighted by molar-refractivity contribution is 0.100. The summed E-state index contributed by atoms with van der Waals surface area (Å²) in [5.74, 6) is 0.242. The second-order valence-corrected chi connectivity index (χ2v) is 6.19. The number of hydrogen-bond acceptors (Lipinski definition) is 2. The quantitative estimate of drug-likeness (QED) is 0.299. The minimum atomic E-state index is 0.121. The van der Waals surface area contributed by atoms with Gasteiger partial charge in [-0.15, -0.1) is 0 Å². The fourth-order valence-corrected chi connectivity index (χ4v) is 2.48. The summed E-state index contributed by atoms with van der Waals surface area (Å²) < 4.78 is 0. The molecule has 0 saturated heterocycles. The van der Waals surface area contributed by atoms with Gasteiger partial charge < -0.3 is 0 Å². The molecule has 2 heteroatoms. The van der Waals surface area contributed by atoms with E-state index in [-0.39, 0.29) is 11.6 Å². The molecule has 0 aliphatic rings. The van der Waals surface area contributed by atoms with Gasteiger partial charge in [0.2, 0.25) is 0 Å². The van der Waals surface area contributed by atoms with Crippen LogP contribution in [0.4, 0.5) is 0 Å². The van der Waals surface area contributed by atoms with Crippen LogP contribution in [0.15, 0.2) is 109 Å². The van der Waals surface area contributed by atoms with Gasteiger partial charge in [-0.3, -0.25) is 9.59 Å². The highest BCUT2D eigenvalue weighted by Crippen LogP contribution is 2.11. The molecular formula is C30H36O2. The maximum Gasteiger partial charge on any atom is 0.159 e. The number of benzene rings is 4. The summed E-state index contributed by atoms with van der Waals surface area (Å²) in [5.41, 5.74) is 1.55. The van der Waals surface area contributed by atoms with Gasteiger partial charge in [-0.2, -0.15) is 0 Å². The van der Waals surface area contributed by atoms with Gasteiger partial charge in [0.25, 0.3) is 0 Å². The van der Waals surface area contributed by atoms with Gasteiger partial charge in [0.1, 0.15) is 0 Å². The van der Waals surface area contributed by atoms with Crippen molar-refractivity contribution in [3.8, 4) is 0 Å². The SMILES string of the molecule is CC.CC.CC(=O)c1ccccc1.CC(=O)c1ccccc1.c1ccc2ccccc2c1. The second kappa shape index (κ2) is 18.3. The molecule has 0 amide bonds. The van der Waals surface area contributed by atoms with Crippen LogP contribution in [0.1, 0.15) is 62.3 Å². The topological polar surface area (TPSA) is 34.1 Å². The Hall–Kier alpha value is -3.52. The monoisotopic (exact) mass is 428 g/mol. The number of ketones is 2. The fourth-order valence-electron chi connectivity index (χ4n) is 2.48. The number of hydrogen-bond donors (Lipinski definition) is 0. The summed E-state index contributed by atoms with van der Waals surface area (Å²) in [6, 6.07) is 35.2. The predicted molar refractivity (Wildman–Crippen MR) is 140 cm³/mol. The lowest BCUT2D eigenvalue weighted by atomic mass is 10.1. The van der Waals surface area contributed by atoms with Crippen LogP contribution in [0.2, 0.25) is 0 Å². The van der Waals surface area contributed by atoms with Crippen molar-refractivity contribution in [1.29, 1.82) is 0 Å². The Labute approximate surface area is 193 Å². The molecule has 0 aliphatic carbocycles. The second-order valence-electron chi connectivity index (χ2n) is 6.19. The molecular weight excluding hydrogens is 392 g/mol. The first-order valence-corrected chi connectivity index (χ1v) is 11.1. The van der Waals surface area contributed by atoms with E-state index in [1.54, 1.807) is 13.8 Å². The molecule has 0 bridgehead atoms. The van der Waals surface area contributed by atoms with Gasteiger partial charge in [0, 0.05) is 11.1 Å². The Morgan fingerprint density at radius 3 is 0.812 bits per heavy atom. The highest BCUT2D eigenvalue weighted by molar-refractivity contribution is 5.94. The molecule has 0 saturated carbocycles. The summed E-state index contributed by atoms with van der Waals surface area (Å²) in [6.07, 6.45) is 0. The average Bonchev–Trinajstić information content (AvgIpc) is 2.88. The Morgan fingerprint density at radius 2 is 0.625 bits per heavy atom. The minimum Gasteiger partial charge on any atom is -0.295 e. The summed E-state index contributed by atoms with van der Waals surface area (Å²) in [5, 5.41) is 2.62. The van der Waals surface area contributed by atoms with Crippen molar-refractivity contribution in [2.24, 2.45) is 0 Å². The van der Waals surface area contributed by atoms with Crippen molar-refractivity contribution in [3.05, 3.63) is 120 Å². The number of carbonyl (C=O) groups is 2. The summed E-state index contributed by atoms with van der Waals surface area (Å²) >= 11 is 0. The minimum absolute atomic E-state index is 0.121. The zero-order valence-corrected chi connectivity index (χ0v) is 20.2. The van der Waals surface area contributed by atoms with Crippen molar-refractivity contribution in [3.63, 3.8) is 0 Å². The van der Waals surface area contributed by atoms with Crippen LogP contribution in [0.5, 0.6) is 0 Å². The van der Waals surface area contributed by atoms with Crippen LogP contribution >= 0.6 is 0 Å². The van der Waals surface area contributed by atoms with Gasteiger partial charge in [-0.25, -0.2) is 0 Å². The van der Waals surface area contributed by atoms with E-state index in [0.717, 1.165) is 11.1 Å². The number of Topliss-reactive ketones (excluding diaryl/α,β-unsaturated/α-hetero) is 2. The van der Waals surface area contributed by atoms with E-state index < -0.39 is 0 Å². The van der Waals surface area contributed by atoms with Crippen LogP contribution < -0.4 is 0 Å². The molecule has 0 N–H and O–H groups in total. The van der Waals surface area contributed by atoms with Gasteiger partial charge >= 0.3 is 0 Å². The van der Waals surface area contributed by atoms with E-state index in [0.29, 0.717) is 0 Å². The maximum absolute atomic E-state index is 10.6. The highest BCUT2D eigenvalue weighted by Gasteiger charge is 1.93. The maximum atomic E-state index is 10.6. The Balaban J connectivity index is 0.000000418. The van der Waals surface area contributed by atoms with Gasteiger partial charge in [-0.05, 0) is 24.6 Å². The first kappa shape index (κ1) is 28.5. The van der Waals surface area contributed by atoms with Crippen molar-refractivity contribution in [1.82, 2.24) is 0 Å². The van der Waals surface area contributed by atoms with Crippen LogP contribution in [0.3, 0.4) is 0 Å². The number of rotatable bonds is 2. The Kier molecular flexibility index (Phi) is 16.3. The molecule has 0 aliphatic heterocycles. The van der Waals surface area contributed by atoms with Crippen LogP contribution in [-0.2, 0) is 0 Å². The van der Waals surface area contributed by atoms with E-state index in [4.69, 9.17) is 0 Å². The number of fused-ring (bicyclic) bond motifs is 1. The van der Waals surface area contributed by atoms with E-state index in [9.17, 15) is 9.59 Å². The highest BCUT2D eigenvalue weighted by atomic mass is 16.1. The van der Waals surface area contributed by atoms with Crippen LogP contribution in [0, 0.1) is 0 Å². The van der Waals surface area contributed by atoms with E-state index >= 15 is 0 Å². The largest absolute Gasteiger partial charge is 0.295 e. The summed E-state index contributed by atoms with van der Waals surface area (Å²) in [4.78, 5) is 21.3. The zero-order chi connectivity index (χ0) is 24.2. The first-order chi connectivity index (χ1) is 15.6. The zero-order valence-electron chi connectivity index (χ0n) is 20.2. The lowest BCUT2D eigenvalue weighted by Crippen LogP contribution is -1.88. The molecule has 0 fully saturated rings. The fraction of sp³-hybridized carbons (Fsp3) is 0.200. The number of carbonyl (C=O) groups excluding carboxylic acids is 2. The molecule has 4 aromatic rings. The predicted octanol–water partition coefficient (Wildman–Crippen LogP) is 8.67. The molecule has 0 atom stereocenters. The van der Waals surface area contributed by atoms with E-state index in [1.165, 1.54) is 10.8 Å². The van der Waals surface area contributed by atoms with E-state index in [2.05, 4.69) is 48.5 Å². The summed E-state index contributed by atoms with van der Waals surface area (Å²) in [7, 11) is 0. The van der Waals surface area contributed by atoms with Crippen molar-refractivity contribution < 1.29 is 9.59 Å². The first-order valence-electron chi connectivity index (χ1n) is 11.1. The molecule has 168 valence electrons. The van der Waals surface area contributed by atoms with Crippen molar-refractivity contribution >= 4 is 22.3 Å². The van der Waals surface area contributed by atoms with Crippen LogP contribution in [-0.4, -0.2) is 11.6 Å². The molecule has 2 nitrogen and oxygen atoms in total. The van der Waals surface area contributed by atoms with Crippen LogP contribution in [0.25, 0.3) is 10.8 Å². The smallest absolute Gasteiger partial charge is 0.159 e. The van der Waals surface area contributed by atoms with E-state index in [1.807, 2.05) is 88.4 Å². The summed E-state index contributed by atoms with van der Waals surface area (Å²) in [6.45, 7) is 11.1. The molecule has 0 spiro atoms. The van der Waals surface area contributed by atoms with Crippen molar-refractivity contribution in [2.45, 2.75) is 41.5 Å². The normalized spacial score (nSPS) is 8.56. The van der Waals surface area contributed by atoms with Crippen molar-refractivity contribution in [2.75, 3.05) is 0 Å². The molecule has 0 heterocycles. The third kappa shape index (κ3) is 11.6. The standard InChI is InChI=1S/C10H8.2C8H8O.2C2H6/c1-2-6-10-8-4-3-7-9(10)5-1;2*1-7(9)8-5-3-2-4-6-8;2*1-2/h1-8H;2*2-6H,1H3;2*1-2H3. The molecule has 32 heavy (non-hydrogen) atoms. The molecule has 0 aromatic heterocycles. The van der Waals surface area contributed by atoms with Gasteiger partial charge in [0.05, 0.1) is 0 Å². The molecule has 0 radical (unpaired) electrons. The third-order valence-electron chi connectivity index (χ3n) is 4.02. The Bertz CT molecular complexity index is 891. The van der Waals surface area contributed by atoms with Gasteiger partial charge in [0.15, 0.2) is 11.6 Å². The third-order valence-corrected chi connectivity index (χ3v) is 4.02. The Morgan fingerprint density at radius 1 is 0.406 bits per heavy atom. The molecule has 4 rings (SSSR count). The average molecular weight is 429 g/mol. The molecule has 0 unspecified atom stereocenters. The molecule has 4 aromatic carbocycles.